The van der Waals surface area contributed by atoms with Gasteiger partial charge in [-0.15, -0.1) is 0 Å². The van der Waals surface area contributed by atoms with Crippen molar-refractivity contribution in [2.24, 2.45) is 0 Å². The Morgan fingerprint density at radius 1 is 0.596 bits per heavy atom. The molecule has 9 aromatic rings. The topological polar surface area (TPSA) is 17.8 Å². The van der Waals surface area contributed by atoms with Crippen LogP contribution in [0.25, 0.3) is 82.8 Å². The zero-order chi connectivity index (χ0) is 51.2. The lowest BCUT2D eigenvalue weighted by molar-refractivity contribution is 0.660. The molecule has 0 amide bonds. The van der Waals surface area contributed by atoms with Crippen molar-refractivity contribution in [3.8, 4) is 50.2 Å². The molecule has 248 valence electrons. The standard InChI is InChI=1S/C50H38N2/c1-4-47-51-45-25-11-12-26-46(45)52(47)36-18-14-16-33(30-36)32-15-13-17-34(29-32)48-39-20-5-7-22-41(39)49(42-23-8-6-21-40(42)48)35-27-28-38-37-19-9-10-24-43(37)50(2,3)44(38)31-35/h5-31H,4H2,1-3H3/i1D3,2D3,3D3,4D2,5D,6D,7D,8D,20D,21D,22D,23D. The maximum absolute atomic E-state index is 9.50. The maximum Gasteiger partial charge on any atom is 0.114 e. The number of hydrogen-bond donors (Lipinski definition) is 0. The van der Waals surface area contributed by atoms with E-state index in [4.69, 9.17) is 20.6 Å². The van der Waals surface area contributed by atoms with Crippen molar-refractivity contribution in [2.45, 2.75) is 32.3 Å². The van der Waals surface area contributed by atoms with Gasteiger partial charge in [-0.3, -0.25) is 4.57 Å². The van der Waals surface area contributed by atoms with E-state index in [1.807, 2.05) is 0 Å². The molecule has 0 aliphatic heterocycles. The number of imidazole rings is 1. The monoisotopic (exact) mass is 685 g/mol. The number of fused-ring (bicyclic) bond motifs is 6. The molecule has 2 heteroatoms. The summed E-state index contributed by atoms with van der Waals surface area (Å²) in [5.41, 5.74) is 0.494. The second kappa shape index (κ2) is 11.6. The quantitative estimate of drug-likeness (QED) is 0.165. The number of aromatic nitrogens is 2. The number of para-hydroxylation sites is 2. The fourth-order valence-corrected chi connectivity index (χ4v) is 7.69. The molecule has 0 saturated carbocycles. The summed E-state index contributed by atoms with van der Waals surface area (Å²) in [5.74, 6) is -0.346. The van der Waals surface area contributed by atoms with Gasteiger partial charge >= 0.3 is 0 Å². The van der Waals surface area contributed by atoms with Crippen LogP contribution in [0, 0.1) is 0 Å². The second-order valence-electron chi connectivity index (χ2n) is 12.8. The van der Waals surface area contributed by atoms with Gasteiger partial charge in [0.25, 0.3) is 0 Å². The average molecular weight is 686 g/mol. The highest BCUT2D eigenvalue weighted by Crippen LogP contribution is 2.51. The van der Waals surface area contributed by atoms with Gasteiger partial charge in [0, 0.05) is 32.6 Å². The first-order valence-electron chi connectivity index (χ1n) is 26.2. The minimum atomic E-state index is -3.16. The van der Waals surface area contributed by atoms with Crippen LogP contribution in [0.1, 0.15) is 63.6 Å². The van der Waals surface area contributed by atoms with Gasteiger partial charge in [-0.2, -0.15) is 0 Å². The molecule has 0 unspecified atom stereocenters. The fraction of sp³-hybridized carbons (Fsp3) is 0.100. The largest absolute Gasteiger partial charge is 0.296 e. The molecule has 0 saturated heterocycles. The van der Waals surface area contributed by atoms with Gasteiger partial charge in [-0.05, 0) is 114 Å². The molecule has 0 N–H and O–H groups in total. The van der Waals surface area contributed by atoms with Gasteiger partial charge in [0.15, 0.2) is 0 Å². The Hall–Kier alpha value is -6.25. The molecular formula is C50H38N2. The van der Waals surface area contributed by atoms with Gasteiger partial charge in [-0.1, -0.05) is 148 Å². The summed E-state index contributed by atoms with van der Waals surface area (Å²) in [6.07, 6.45) is -2.88. The Morgan fingerprint density at radius 3 is 1.94 bits per heavy atom. The van der Waals surface area contributed by atoms with Crippen LogP contribution in [-0.2, 0) is 11.8 Å². The molecule has 52 heavy (non-hydrogen) atoms. The minimum absolute atomic E-state index is 0.0254. The summed E-state index contributed by atoms with van der Waals surface area (Å²) in [6.45, 7) is -9.41. The Kier molecular flexibility index (Phi) is 3.77. The SMILES string of the molecule is [2H]c1c([2H])c([2H])c2c(-c3ccc4c(c3)C(C([2H])([2H])[2H])(C([2H])([2H])[2H])c3ccccc3-4)c3c([2H])c([2H])c([2H])c([2H])c3c(-c3cccc(-c4cccc(-n5c(C([2H])([2H])C([2H])([2H])[2H])nc6ccccc65)c4)c3)c2c1[2H]. The third-order valence-electron chi connectivity index (χ3n) is 9.97. The average Bonchev–Trinajstić information content (AvgIpc) is 3.88. The second-order valence-corrected chi connectivity index (χ2v) is 12.8. The van der Waals surface area contributed by atoms with Gasteiger partial charge in [0.05, 0.1) is 22.0 Å². The summed E-state index contributed by atoms with van der Waals surface area (Å²) in [4.78, 5) is 4.44. The molecule has 1 aliphatic carbocycles. The lowest BCUT2D eigenvalue weighted by Gasteiger charge is -2.23. The highest BCUT2D eigenvalue weighted by atomic mass is 15.1. The first kappa shape index (κ1) is 16.8. The molecule has 10 rings (SSSR count). The van der Waals surface area contributed by atoms with E-state index in [9.17, 15) is 5.48 Å². The molecule has 1 heterocycles. The van der Waals surface area contributed by atoms with Crippen LogP contribution in [0.3, 0.4) is 0 Å². The summed E-state index contributed by atoms with van der Waals surface area (Å²) in [6, 6.07) is 26.2. The summed E-state index contributed by atoms with van der Waals surface area (Å²) >= 11 is 0. The third-order valence-corrected chi connectivity index (χ3v) is 9.97. The lowest BCUT2D eigenvalue weighted by atomic mass is 9.80. The molecule has 0 radical (unpaired) electrons. The fourth-order valence-electron chi connectivity index (χ4n) is 7.69. The van der Waals surface area contributed by atoms with Crippen molar-refractivity contribution in [1.82, 2.24) is 9.55 Å². The lowest BCUT2D eigenvalue weighted by Crippen LogP contribution is -2.14. The molecule has 0 bridgehead atoms. The Labute approximate surface area is 331 Å². The van der Waals surface area contributed by atoms with Crippen molar-refractivity contribution < 1.29 is 26.0 Å². The molecule has 2 nitrogen and oxygen atoms in total. The van der Waals surface area contributed by atoms with Gasteiger partial charge in [-0.25, -0.2) is 4.98 Å². The van der Waals surface area contributed by atoms with Gasteiger partial charge in [0.1, 0.15) is 5.82 Å². The maximum atomic E-state index is 9.50. The van der Waals surface area contributed by atoms with E-state index < -0.39 is 80.7 Å². The van der Waals surface area contributed by atoms with Crippen LogP contribution >= 0.6 is 0 Å². The molecule has 1 aromatic heterocycles. The molecule has 0 spiro atoms. The molecule has 0 atom stereocenters. The predicted molar refractivity (Wildman–Crippen MR) is 219 cm³/mol. The van der Waals surface area contributed by atoms with Gasteiger partial charge < -0.3 is 0 Å². The third kappa shape index (κ3) is 4.54. The Bertz CT molecular complexity index is 3660. The van der Waals surface area contributed by atoms with E-state index in [2.05, 4.69) is 4.98 Å². The van der Waals surface area contributed by atoms with Crippen molar-refractivity contribution in [3.63, 3.8) is 0 Å². The number of hydrogen-bond acceptors (Lipinski definition) is 1. The van der Waals surface area contributed by atoms with Crippen molar-refractivity contribution in [3.05, 3.63) is 181 Å². The number of nitrogens with zero attached hydrogens (tertiary/aromatic N) is 2. The van der Waals surface area contributed by atoms with E-state index >= 15 is 0 Å². The van der Waals surface area contributed by atoms with Crippen LogP contribution in [0.2, 0.25) is 0 Å². The number of aryl methyl sites for hydroxylation is 1. The first-order chi connectivity index (χ1) is 33.2. The molecular weight excluding hydrogens is 629 g/mol. The van der Waals surface area contributed by atoms with E-state index in [0.29, 0.717) is 39.0 Å². The number of rotatable bonds is 5. The van der Waals surface area contributed by atoms with Crippen molar-refractivity contribution in [2.75, 3.05) is 0 Å². The highest BCUT2D eigenvalue weighted by Gasteiger charge is 2.35. The van der Waals surface area contributed by atoms with Crippen molar-refractivity contribution >= 4 is 32.6 Å². The Balaban J connectivity index is 1.28. The molecule has 1 aliphatic rings. The van der Waals surface area contributed by atoms with Crippen LogP contribution < -0.4 is 0 Å². The zero-order valence-electron chi connectivity index (χ0n) is 46.4. The summed E-state index contributed by atoms with van der Waals surface area (Å²) in [7, 11) is 0. The smallest absolute Gasteiger partial charge is 0.114 e. The van der Waals surface area contributed by atoms with Crippen LogP contribution in [0.5, 0.6) is 0 Å². The predicted octanol–water partition coefficient (Wildman–Crippen LogP) is 13.2. The van der Waals surface area contributed by atoms with Crippen LogP contribution in [-0.4, -0.2) is 9.55 Å². The first-order valence-corrected chi connectivity index (χ1v) is 16.7. The van der Waals surface area contributed by atoms with Crippen molar-refractivity contribution in [1.29, 1.82) is 0 Å². The zero-order valence-corrected chi connectivity index (χ0v) is 27.4. The molecule has 0 fully saturated rings. The minimum Gasteiger partial charge on any atom is -0.296 e. The summed E-state index contributed by atoms with van der Waals surface area (Å²) in [5, 5.41) is -0.583. The number of benzene rings is 8. The van der Waals surface area contributed by atoms with Crippen LogP contribution in [0.15, 0.2) is 164 Å². The van der Waals surface area contributed by atoms with E-state index in [1.165, 1.54) is 28.8 Å². The highest BCUT2D eigenvalue weighted by molar-refractivity contribution is 6.21. The van der Waals surface area contributed by atoms with E-state index in [0.717, 1.165) is 0 Å². The van der Waals surface area contributed by atoms with E-state index in [1.54, 1.807) is 91.0 Å². The van der Waals surface area contributed by atoms with E-state index in [-0.39, 0.29) is 60.8 Å². The normalized spacial score (nSPS) is 19.4. The van der Waals surface area contributed by atoms with Gasteiger partial charge in [0.2, 0.25) is 0 Å². The Morgan fingerprint density at radius 2 is 1.21 bits per heavy atom. The molecule has 8 aromatic carbocycles. The van der Waals surface area contributed by atoms with Crippen LogP contribution in [0.4, 0.5) is 0 Å². The summed E-state index contributed by atoms with van der Waals surface area (Å²) < 4.78 is 170.